The molecule has 2 N–H and O–H groups in total. The van der Waals surface area contributed by atoms with Crippen molar-refractivity contribution in [1.82, 2.24) is 20.3 Å². The van der Waals surface area contributed by atoms with Crippen molar-refractivity contribution in [2.45, 2.75) is 0 Å². The number of hydrogen-bond donors (Lipinski definition) is 2. The third kappa shape index (κ3) is 2.56. The lowest BCUT2D eigenvalue weighted by Gasteiger charge is -2.25. The summed E-state index contributed by atoms with van der Waals surface area (Å²) in [6, 6.07) is 9.51. The largest absolute Gasteiger partial charge is 0.475 e. The highest BCUT2D eigenvalue weighted by Crippen LogP contribution is 2.30. The number of benzene rings is 1. The predicted octanol–water partition coefficient (Wildman–Crippen LogP) is 2.87. The second-order valence-corrected chi connectivity index (χ2v) is 6.01. The van der Waals surface area contributed by atoms with Gasteiger partial charge in [-0.3, -0.25) is 10.1 Å². The summed E-state index contributed by atoms with van der Waals surface area (Å²) in [4.78, 5) is 4.34. The fourth-order valence-electron chi connectivity index (χ4n) is 2.75. The predicted molar refractivity (Wildman–Crippen MR) is 91.0 cm³/mol. The molecular weight excluding hydrogens is 322 g/mol. The molecule has 5 rings (SSSR count). The van der Waals surface area contributed by atoms with Crippen molar-refractivity contribution in [3.63, 3.8) is 0 Å². The molecule has 0 atom stereocenters. The van der Waals surface area contributed by atoms with Gasteiger partial charge in [-0.15, -0.1) is 0 Å². The zero-order valence-electron chi connectivity index (χ0n) is 13.2. The van der Waals surface area contributed by atoms with Gasteiger partial charge in [0.15, 0.2) is 11.4 Å². The number of ether oxygens (including phenoxy) is 2. The summed E-state index contributed by atoms with van der Waals surface area (Å²) in [5.41, 5.74) is 3.15. The SMILES string of the molecule is c1cnc2c(Nc3ccc4c(OCC5COC5)noc4c3)n[nH]c2c1. The van der Waals surface area contributed by atoms with Gasteiger partial charge in [0.1, 0.15) is 5.52 Å². The molecule has 0 saturated carbocycles. The van der Waals surface area contributed by atoms with E-state index in [-0.39, 0.29) is 0 Å². The van der Waals surface area contributed by atoms with Crippen LogP contribution in [-0.4, -0.2) is 40.2 Å². The lowest BCUT2D eigenvalue weighted by molar-refractivity contribution is -0.0515. The highest BCUT2D eigenvalue weighted by atomic mass is 16.5. The van der Waals surface area contributed by atoms with E-state index in [0.29, 0.717) is 29.8 Å². The molecule has 0 amide bonds. The van der Waals surface area contributed by atoms with E-state index < -0.39 is 0 Å². The van der Waals surface area contributed by atoms with Crippen molar-refractivity contribution >= 4 is 33.5 Å². The maximum absolute atomic E-state index is 5.73. The lowest BCUT2D eigenvalue weighted by atomic mass is 10.1. The molecule has 1 aromatic carbocycles. The van der Waals surface area contributed by atoms with E-state index in [9.17, 15) is 0 Å². The number of nitrogens with one attached hydrogen (secondary N) is 2. The fraction of sp³-hybridized carbons (Fsp3) is 0.235. The molecule has 0 radical (unpaired) electrons. The van der Waals surface area contributed by atoms with E-state index in [0.717, 1.165) is 35.3 Å². The highest BCUT2D eigenvalue weighted by Gasteiger charge is 2.20. The molecule has 126 valence electrons. The average molecular weight is 337 g/mol. The van der Waals surface area contributed by atoms with E-state index >= 15 is 0 Å². The van der Waals surface area contributed by atoms with Crippen LogP contribution in [0.5, 0.6) is 5.88 Å². The van der Waals surface area contributed by atoms with Crippen LogP contribution in [0.3, 0.4) is 0 Å². The molecule has 1 aliphatic heterocycles. The van der Waals surface area contributed by atoms with Gasteiger partial charge in [0, 0.05) is 23.9 Å². The molecule has 3 aromatic heterocycles. The number of H-pyrrole nitrogens is 1. The molecule has 0 spiro atoms. The zero-order valence-corrected chi connectivity index (χ0v) is 13.2. The van der Waals surface area contributed by atoms with Crippen molar-refractivity contribution in [3.8, 4) is 5.88 Å². The van der Waals surface area contributed by atoms with Gasteiger partial charge in [-0.2, -0.15) is 5.10 Å². The van der Waals surface area contributed by atoms with Crippen LogP contribution >= 0.6 is 0 Å². The second-order valence-electron chi connectivity index (χ2n) is 6.01. The Morgan fingerprint density at radius 2 is 2.24 bits per heavy atom. The van der Waals surface area contributed by atoms with Crippen molar-refractivity contribution in [3.05, 3.63) is 36.5 Å². The first kappa shape index (κ1) is 14.2. The Labute approximate surface area is 142 Å². The molecule has 4 heterocycles. The third-order valence-corrected chi connectivity index (χ3v) is 4.18. The molecule has 0 unspecified atom stereocenters. The van der Waals surface area contributed by atoms with Crippen LogP contribution in [0, 0.1) is 5.92 Å². The van der Waals surface area contributed by atoms with Gasteiger partial charge in [-0.05, 0) is 29.4 Å². The minimum absolute atomic E-state index is 0.438. The molecule has 1 saturated heterocycles. The third-order valence-electron chi connectivity index (χ3n) is 4.18. The Kier molecular flexibility index (Phi) is 3.27. The van der Waals surface area contributed by atoms with Gasteiger partial charge in [0.25, 0.3) is 5.88 Å². The minimum Gasteiger partial charge on any atom is -0.475 e. The van der Waals surface area contributed by atoms with Crippen molar-refractivity contribution < 1.29 is 14.0 Å². The first-order valence-electron chi connectivity index (χ1n) is 8.03. The first-order chi connectivity index (χ1) is 12.4. The van der Waals surface area contributed by atoms with Crippen molar-refractivity contribution in [1.29, 1.82) is 0 Å². The minimum atomic E-state index is 0.438. The Bertz CT molecular complexity index is 1040. The molecule has 25 heavy (non-hydrogen) atoms. The summed E-state index contributed by atoms with van der Waals surface area (Å²) < 4.78 is 16.3. The van der Waals surface area contributed by atoms with E-state index in [4.69, 9.17) is 14.0 Å². The average Bonchev–Trinajstić information content (AvgIpc) is 3.18. The van der Waals surface area contributed by atoms with Gasteiger partial charge < -0.3 is 19.3 Å². The fourth-order valence-corrected chi connectivity index (χ4v) is 2.75. The first-order valence-corrected chi connectivity index (χ1v) is 8.03. The number of aromatic nitrogens is 4. The summed E-state index contributed by atoms with van der Waals surface area (Å²) in [5.74, 6) is 1.62. The molecule has 0 aliphatic carbocycles. The van der Waals surface area contributed by atoms with Crippen LogP contribution in [0.15, 0.2) is 41.1 Å². The maximum Gasteiger partial charge on any atom is 0.262 e. The number of aromatic amines is 1. The summed E-state index contributed by atoms with van der Waals surface area (Å²) in [5, 5.41) is 15.3. The van der Waals surface area contributed by atoms with Gasteiger partial charge >= 0.3 is 0 Å². The molecule has 4 aromatic rings. The molecular formula is C17H15N5O3. The second kappa shape index (κ2) is 5.75. The van der Waals surface area contributed by atoms with Gasteiger partial charge in [-0.25, -0.2) is 0 Å². The van der Waals surface area contributed by atoms with Crippen LogP contribution in [0.1, 0.15) is 0 Å². The number of fused-ring (bicyclic) bond motifs is 2. The molecule has 8 heteroatoms. The van der Waals surface area contributed by atoms with E-state index in [1.165, 1.54) is 0 Å². The Balaban J connectivity index is 1.39. The van der Waals surface area contributed by atoms with Crippen LogP contribution in [0.25, 0.3) is 22.0 Å². The monoisotopic (exact) mass is 337 g/mol. The lowest BCUT2D eigenvalue weighted by Crippen LogP contribution is -2.32. The Morgan fingerprint density at radius 1 is 1.28 bits per heavy atom. The number of hydrogen-bond acceptors (Lipinski definition) is 7. The normalized spacial score (nSPS) is 14.7. The number of rotatable bonds is 5. The molecule has 1 aliphatic rings. The maximum atomic E-state index is 5.73. The van der Waals surface area contributed by atoms with E-state index in [1.54, 1.807) is 6.20 Å². The number of anilines is 2. The van der Waals surface area contributed by atoms with Crippen molar-refractivity contribution in [2.24, 2.45) is 5.92 Å². The van der Waals surface area contributed by atoms with Crippen LogP contribution in [0.4, 0.5) is 11.5 Å². The topological polar surface area (TPSA) is 98.1 Å². The molecule has 0 bridgehead atoms. The smallest absolute Gasteiger partial charge is 0.262 e. The van der Waals surface area contributed by atoms with Gasteiger partial charge in [0.2, 0.25) is 0 Å². The van der Waals surface area contributed by atoms with Gasteiger partial charge in [0.05, 0.1) is 30.7 Å². The molecule has 1 fully saturated rings. The summed E-state index contributed by atoms with van der Waals surface area (Å²) >= 11 is 0. The van der Waals surface area contributed by atoms with E-state index in [1.807, 2.05) is 30.3 Å². The van der Waals surface area contributed by atoms with Crippen LogP contribution < -0.4 is 10.1 Å². The van der Waals surface area contributed by atoms with E-state index in [2.05, 4.69) is 25.7 Å². The highest BCUT2D eigenvalue weighted by molar-refractivity contribution is 5.90. The van der Waals surface area contributed by atoms with Gasteiger partial charge in [-0.1, -0.05) is 0 Å². The van der Waals surface area contributed by atoms with Crippen LogP contribution in [-0.2, 0) is 4.74 Å². The van der Waals surface area contributed by atoms with Crippen molar-refractivity contribution in [2.75, 3.05) is 25.1 Å². The Hall–Kier alpha value is -3.13. The summed E-state index contributed by atoms with van der Waals surface area (Å²) in [6.07, 6.45) is 1.74. The summed E-state index contributed by atoms with van der Waals surface area (Å²) in [7, 11) is 0. The standard InChI is InChI=1S/C17H15N5O3/c1-2-13-15(18-5-1)16(21-20-13)19-11-3-4-12-14(6-11)25-22-17(12)24-9-10-7-23-8-10/h1-6,10H,7-9H2,(H2,19,20,21). The Morgan fingerprint density at radius 3 is 3.12 bits per heavy atom. The summed E-state index contributed by atoms with van der Waals surface area (Å²) in [6.45, 7) is 2.08. The quantitative estimate of drug-likeness (QED) is 0.578. The molecule has 8 nitrogen and oxygen atoms in total. The zero-order chi connectivity index (χ0) is 16.6. The van der Waals surface area contributed by atoms with Crippen LogP contribution in [0.2, 0.25) is 0 Å². The number of pyridine rings is 1. The number of nitrogens with zero attached hydrogens (tertiary/aromatic N) is 3.